The largest absolute Gasteiger partial charge is 1.00 e. The number of halogens is 2. The summed E-state index contributed by atoms with van der Waals surface area (Å²) in [7, 11) is 0. The van der Waals surface area contributed by atoms with Crippen molar-refractivity contribution in [2.75, 3.05) is 0 Å². The summed E-state index contributed by atoms with van der Waals surface area (Å²) in [4.78, 5) is 38.5. The number of rotatable bonds is 18. The summed E-state index contributed by atoms with van der Waals surface area (Å²) in [5, 5.41) is 9.85. The molecule has 632 valence electrons. The van der Waals surface area contributed by atoms with Gasteiger partial charge in [-0.05, 0) is 141 Å². The second kappa shape index (κ2) is 58.8. The van der Waals surface area contributed by atoms with Crippen LogP contribution in [0.4, 0.5) is 0 Å². The molecule has 2 aromatic heterocycles. The summed E-state index contributed by atoms with van der Waals surface area (Å²) >= 11 is 6.95. The molecule has 0 spiro atoms. The van der Waals surface area contributed by atoms with Crippen molar-refractivity contribution in [1.82, 2.24) is 4.98 Å². The van der Waals surface area contributed by atoms with Crippen LogP contribution in [0.3, 0.4) is 0 Å². The van der Waals surface area contributed by atoms with Crippen LogP contribution < -0.4 is 66.3 Å². The van der Waals surface area contributed by atoms with Crippen molar-refractivity contribution in [3.05, 3.63) is 572 Å². The van der Waals surface area contributed by atoms with Crippen LogP contribution in [0.2, 0.25) is 0 Å². The van der Waals surface area contributed by atoms with Crippen molar-refractivity contribution in [1.29, 1.82) is 5.26 Å². The van der Waals surface area contributed by atoms with Crippen LogP contribution in [0, 0.1) is 38.5 Å². The molecule has 0 amide bonds. The summed E-state index contributed by atoms with van der Waals surface area (Å²) in [6.07, 6.45) is 7.23. The molecule has 0 unspecified atom stereocenters. The number of carbonyl (C=O) groups is 3. The van der Waals surface area contributed by atoms with Gasteiger partial charge in [0.25, 0.3) is 0 Å². The van der Waals surface area contributed by atoms with Gasteiger partial charge in [-0.1, -0.05) is 423 Å². The Labute approximate surface area is 821 Å². The standard InChI is InChI=1S/2C27H20O.C13H9BrO.C13H12.C13H11.C10H12NS.C8H7NS.C4H9.C2H3N.HI.2Li/c2*28-20-21-16-18-25(19-17-21)27(24-14-8-3-9-15-24)26(22-10-4-1-5-11-22)23-12-6-2-7-13-23;14-12-8-6-11(7-9-12)13(15)10-4-2-1-3-5-10;2*1-3-7-12(8-4-1)11-13-9-5-2-6-10-13;1-3-11-8(2)12-10-7-5-4-6-9(10)11;1-6-9-7-4-2-3-5-8(7)10-6;1-3-4-2;1-2-3;;;/h2*1-20H;1-9H;1-10H,11H2;1-11H;4-7H,3H2,1-2H3;2-5H,1H3;1,3-4H2,2H3;1H3;1H;;/q;;;;-1;+1;;-1;;;2*+1/p-1. The van der Waals surface area contributed by atoms with Gasteiger partial charge in [-0.25, -0.2) is 4.98 Å². The molecule has 0 saturated heterocycles. The molecule has 0 radical (unpaired) electrons. The molecular weight excluding hydrogens is 1780 g/mol. The maximum absolute atomic E-state index is 11.9. The van der Waals surface area contributed by atoms with E-state index in [9.17, 15) is 14.4 Å². The zero-order chi connectivity index (χ0) is 88.6. The molecular formula is C117H103BrILi2N3O3S2. The summed E-state index contributed by atoms with van der Waals surface area (Å²) in [5.41, 5.74) is 24.2. The van der Waals surface area contributed by atoms with E-state index in [1.54, 1.807) is 17.4 Å². The molecule has 0 aliphatic heterocycles. The van der Waals surface area contributed by atoms with Gasteiger partial charge >= 0.3 is 37.7 Å². The van der Waals surface area contributed by atoms with E-state index in [1.807, 2.05) is 188 Å². The van der Waals surface area contributed by atoms with Crippen molar-refractivity contribution < 1.29 is 80.6 Å². The first-order valence-electron chi connectivity index (χ1n) is 42.0. The molecule has 18 aromatic rings. The minimum Gasteiger partial charge on any atom is -1.00 e. The number of fused-ring (bicyclic) bond motifs is 2. The first-order valence-corrected chi connectivity index (χ1v) is 44.5. The van der Waals surface area contributed by atoms with Gasteiger partial charge in [0.15, 0.2) is 5.78 Å². The zero-order valence-electron chi connectivity index (χ0n) is 74.2. The Morgan fingerprint density at radius 3 is 0.953 bits per heavy atom. The van der Waals surface area contributed by atoms with Gasteiger partial charge in [-0.2, -0.15) is 16.2 Å². The summed E-state index contributed by atoms with van der Waals surface area (Å²) in [6, 6.07) is 155. The Kier molecular flexibility index (Phi) is 47.3. The molecule has 129 heavy (non-hydrogen) atoms. The molecule has 0 aliphatic rings. The molecule has 0 fully saturated rings. The smallest absolute Gasteiger partial charge is 1.00 e. The zero-order valence-corrected chi connectivity index (χ0v) is 79.6. The van der Waals surface area contributed by atoms with Gasteiger partial charge in [0.2, 0.25) is 10.5 Å². The number of unbranched alkanes of at least 4 members (excludes halogenated alkanes) is 1. The maximum Gasteiger partial charge on any atom is 1.00 e. The number of para-hydroxylation sites is 2. The topological polar surface area (TPSA) is 91.8 Å². The summed E-state index contributed by atoms with van der Waals surface area (Å²) in [5.74, 6) is 0.0584. The van der Waals surface area contributed by atoms with Crippen molar-refractivity contribution in [3.63, 3.8) is 0 Å². The third-order valence-electron chi connectivity index (χ3n) is 19.6. The van der Waals surface area contributed by atoms with Gasteiger partial charge in [-0.15, -0.1) is 53.1 Å². The Bertz CT molecular complexity index is 5870. The average Bonchev–Trinajstić information content (AvgIpc) is 1.56. The molecule has 18 rings (SSSR count). The van der Waals surface area contributed by atoms with Crippen LogP contribution in [0.15, 0.2) is 459 Å². The van der Waals surface area contributed by atoms with Gasteiger partial charge in [-0.3, -0.25) is 14.4 Å². The van der Waals surface area contributed by atoms with Crippen LogP contribution in [0.1, 0.15) is 147 Å². The fourth-order valence-corrected chi connectivity index (χ4v) is 15.7. The van der Waals surface area contributed by atoms with E-state index in [4.69, 9.17) is 5.26 Å². The molecule has 0 aliphatic carbocycles. The van der Waals surface area contributed by atoms with Crippen LogP contribution in [0.25, 0.3) is 42.7 Å². The molecule has 16 aromatic carbocycles. The summed E-state index contributed by atoms with van der Waals surface area (Å²) in [6.45, 7) is 14.6. The minimum absolute atomic E-state index is 0. The second-order valence-corrected chi connectivity index (χ2v) is 32.0. The third-order valence-corrected chi connectivity index (χ3v) is 22.1. The van der Waals surface area contributed by atoms with E-state index in [-0.39, 0.29) is 67.5 Å². The van der Waals surface area contributed by atoms with Crippen molar-refractivity contribution in [3.8, 4) is 6.07 Å². The van der Waals surface area contributed by atoms with Crippen LogP contribution in [0.5, 0.6) is 0 Å². The SMILES string of the molecule is CC#N.CC[n+]1c(C)sc2ccccc21.Cc1nc2ccccc2s1.O=C(c1ccccc1)c1ccc(Br)cc1.O=Cc1ccc(C(=C(c2ccccc2)c2ccccc2)c2ccccc2)cc1.O=Cc1ccc(C(=C(c2ccccc2)c2ccccc2)c2ccccc2)cc1.[CH2-]CCC.[I-].[Li+].[Li+].c1ccc(Cc2ccccc2)cc1.c1ccc([CH-]c2ccccc2)cc1. The van der Waals surface area contributed by atoms with Crippen molar-refractivity contribution in [2.24, 2.45) is 0 Å². The normalized spacial score (nSPS) is 9.69. The third kappa shape index (κ3) is 33.6. The number of aldehydes is 2. The molecule has 0 saturated carbocycles. The number of carbonyl (C=O) groups excluding carboxylic acids is 3. The molecule has 6 nitrogen and oxygen atoms in total. The van der Waals surface area contributed by atoms with E-state index >= 15 is 0 Å². The number of nitriles is 1. The van der Waals surface area contributed by atoms with E-state index in [0.717, 1.165) is 108 Å². The number of benzene rings is 16. The second-order valence-electron chi connectivity index (χ2n) is 28.6. The number of aromatic nitrogens is 2. The molecule has 12 heteroatoms. The molecule has 0 N–H and O–H groups in total. The molecule has 2 heterocycles. The minimum atomic E-state index is 0. The monoisotopic (exact) mass is 1880 g/mol. The van der Waals surface area contributed by atoms with Crippen LogP contribution >= 0.6 is 38.6 Å². The van der Waals surface area contributed by atoms with Gasteiger partial charge in [0, 0.05) is 46.6 Å². The van der Waals surface area contributed by atoms with Crippen LogP contribution in [-0.4, -0.2) is 23.3 Å². The Morgan fingerprint density at radius 1 is 0.380 bits per heavy atom. The maximum atomic E-state index is 11.9. The first-order chi connectivity index (χ1) is 61.9. The molecule has 0 bridgehead atoms. The van der Waals surface area contributed by atoms with Crippen LogP contribution in [-0.2, 0) is 13.0 Å². The Morgan fingerprint density at radius 2 is 0.643 bits per heavy atom. The average molecular weight is 1880 g/mol. The predicted octanol–water partition coefficient (Wildman–Crippen LogP) is 21.5. The Balaban J connectivity index is 0.000000209. The first kappa shape index (κ1) is 104. The van der Waals surface area contributed by atoms with Gasteiger partial charge in [0.1, 0.15) is 23.8 Å². The fourth-order valence-electron chi connectivity index (χ4n) is 13.5. The number of aryl methyl sites for hydroxylation is 3. The quantitative estimate of drug-likeness (QED) is 0.0162. The number of ketones is 1. The Hall–Kier alpha value is -12.4. The van der Waals surface area contributed by atoms with E-state index in [2.05, 4.69) is 345 Å². The number of nitrogens with zero attached hydrogens (tertiary/aromatic N) is 3. The van der Waals surface area contributed by atoms with Crippen molar-refractivity contribution >= 4 is 99.7 Å². The summed E-state index contributed by atoms with van der Waals surface area (Å²) < 4.78 is 5.99. The number of hydrogen-bond acceptors (Lipinski definition) is 7. The van der Waals surface area contributed by atoms with Gasteiger partial charge in [0.05, 0.1) is 21.3 Å². The van der Waals surface area contributed by atoms with Gasteiger partial charge < -0.3 is 30.9 Å². The van der Waals surface area contributed by atoms with E-state index in [1.165, 1.54) is 66.7 Å². The predicted molar refractivity (Wildman–Crippen MR) is 536 cm³/mol. The van der Waals surface area contributed by atoms with E-state index < -0.39 is 0 Å². The van der Waals surface area contributed by atoms with Crippen molar-refractivity contribution in [2.45, 2.75) is 60.4 Å². The molecule has 0 atom stereocenters. The van der Waals surface area contributed by atoms with E-state index in [0.29, 0.717) is 16.7 Å². The number of hydrogen-bond donors (Lipinski definition) is 0. The fraction of sp³-hybridized carbons (Fsp3) is 0.0769. The number of thiazole rings is 2.